The van der Waals surface area contributed by atoms with E-state index < -0.39 is 5.97 Å². The zero-order valence-electron chi connectivity index (χ0n) is 12.9. The Kier molecular flexibility index (Phi) is 5.16. The van der Waals surface area contributed by atoms with Crippen molar-refractivity contribution < 1.29 is 9.90 Å². The first kappa shape index (κ1) is 17.2. The van der Waals surface area contributed by atoms with Crippen molar-refractivity contribution in [1.29, 1.82) is 0 Å². The number of carboxylic acid groups (broad SMARTS) is 1. The van der Waals surface area contributed by atoms with Crippen LogP contribution in [-0.2, 0) is 4.79 Å². The Morgan fingerprint density at radius 2 is 2.12 bits per heavy atom. The van der Waals surface area contributed by atoms with Gasteiger partial charge in [-0.3, -0.25) is 10.4 Å². The van der Waals surface area contributed by atoms with E-state index in [-0.39, 0.29) is 0 Å². The maximum atomic E-state index is 10.6. The van der Waals surface area contributed by atoms with Gasteiger partial charge in [0.1, 0.15) is 12.2 Å². The predicted octanol–water partition coefficient (Wildman–Crippen LogP) is 3.33. The second kappa shape index (κ2) is 7.50. The number of carboxylic acids is 1. The van der Waals surface area contributed by atoms with Crippen LogP contribution in [0.4, 0.5) is 11.5 Å². The van der Waals surface area contributed by atoms with E-state index in [1.54, 1.807) is 18.2 Å². The summed E-state index contributed by atoms with van der Waals surface area (Å²) in [6.07, 6.45) is 4.44. The summed E-state index contributed by atoms with van der Waals surface area (Å²) in [6, 6.07) is 6.99. The Hall–Kier alpha value is -2.64. The fraction of sp³-hybridized carbons (Fsp3) is 0.125. The summed E-state index contributed by atoms with van der Waals surface area (Å²) in [5, 5.41) is 11.6. The molecule has 9 heteroatoms. The van der Waals surface area contributed by atoms with Gasteiger partial charge in [-0.2, -0.15) is 0 Å². The summed E-state index contributed by atoms with van der Waals surface area (Å²) in [5.41, 5.74) is 4.53. The molecular weight excluding hydrogens is 365 g/mol. The van der Waals surface area contributed by atoms with Crippen molar-refractivity contribution in [3.05, 3.63) is 52.4 Å². The molecule has 0 radical (unpaired) electrons. The number of hydrogen-bond acceptors (Lipinski definition) is 5. The number of aliphatic imine (C=N–C) groups is 1. The van der Waals surface area contributed by atoms with Crippen LogP contribution in [-0.4, -0.2) is 33.4 Å². The third kappa shape index (κ3) is 4.46. The van der Waals surface area contributed by atoms with Gasteiger partial charge >= 0.3 is 5.97 Å². The monoisotopic (exact) mass is 377 g/mol. The number of nitrogens with one attached hydrogen (secondary N) is 1. The highest BCUT2D eigenvalue weighted by atomic mass is 35.5. The highest BCUT2D eigenvalue weighted by molar-refractivity contribution is 6.42. The molecule has 7 nitrogen and oxygen atoms in total. The van der Waals surface area contributed by atoms with Gasteiger partial charge in [-0.15, -0.1) is 0 Å². The van der Waals surface area contributed by atoms with Gasteiger partial charge in [0.2, 0.25) is 0 Å². The standard InChI is InChI=1S/C16H13Cl2N5O2/c17-12-3-2-11(8-13(12)18)23-6-5-14(22-23)21-15-7-10(19-9-20-15)1-4-16(24)25/h1-4,7-9H,5-6H2,(H,24,25)(H,19,20,21,22)/b4-1+. The lowest BCUT2D eigenvalue weighted by Crippen LogP contribution is -2.33. The van der Waals surface area contributed by atoms with Crippen LogP contribution in [0.1, 0.15) is 12.1 Å². The second-order valence-corrected chi connectivity index (χ2v) is 5.96. The van der Waals surface area contributed by atoms with Crippen molar-refractivity contribution >= 4 is 52.6 Å². The zero-order chi connectivity index (χ0) is 17.8. The van der Waals surface area contributed by atoms with Crippen LogP contribution in [0.15, 0.2) is 41.7 Å². The van der Waals surface area contributed by atoms with Gasteiger partial charge < -0.3 is 5.11 Å². The van der Waals surface area contributed by atoms with E-state index in [0.29, 0.717) is 34.5 Å². The van der Waals surface area contributed by atoms with Gasteiger partial charge in [-0.25, -0.2) is 19.8 Å². The highest BCUT2D eigenvalue weighted by Gasteiger charge is 2.18. The van der Waals surface area contributed by atoms with Crippen LogP contribution in [0.3, 0.4) is 0 Å². The maximum Gasteiger partial charge on any atom is 0.328 e. The molecule has 1 aliphatic heterocycles. The number of nitrogens with zero attached hydrogens (tertiary/aromatic N) is 4. The number of hydrazine groups is 1. The van der Waals surface area contributed by atoms with E-state index in [0.717, 1.165) is 17.6 Å². The van der Waals surface area contributed by atoms with Gasteiger partial charge in [-0.1, -0.05) is 23.2 Å². The summed E-state index contributed by atoms with van der Waals surface area (Å²) < 4.78 is 0. The topological polar surface area (TPSA) is 90.7 Å². The molecule has 0 spiro atoms. The summed E-state index contributed by atoms with van der Waals surface area (Å²) in [5.74, 6) is 0.137. The molecule has 128 valence electrons. The quantitative estimate of drug-likeness (QED) is 0.794. The third-order valence-electron chi connectivity index (χ3n) is 3.37. The molecule has 0 bridgehead atoms. The molecule has 2 heterocycles. The fourth-order valence-electron chi connectivity index (χ4n) is 2.22. The number of amidine groups is 1. The van der Waals surface area contributed by atoms with Crippen molar-refractivity contribution in [1.82, 2.24) is 15.4 Å². The van der Waals surface area contributed by atoms with Gasteiger partial charge in [0.25, 0.3) is 0 Å². The number of benzene rings is 1. The number of hydrogen-bond donors (Lipinski definition) is 2. The third-order valence-corrected chi connectivity index (χ3v) is 4.11. The van der Waals surface area contributed by atoms with Gasteiger partial charge in [0.05, 0.1) is 21.4 Å². The first-order chi connectivity index (χ1) is 12.0. The Bertz CT molecular complexity index is 869. The first-order valence-electron chi connectivity index (χ1n) is 7.31. The molecule has 0 saturated carbocycles. The molecule has 1 saturated heterocycles. The maximum absolute atomic E-state index is 10.6. The number of anilines is 1. The Labute approximate surface area is 153 Å². The van der Waals surface area contributed by atoms with Crippen LogP contribution in [0.2, 0.25) is 10.0 Å². The number of aliphatic carboxylic acids is 1. The minimum Gasteiger partial charge on any atom is -0.478 e. The minimum atomic E-state index is -1.04. The van der Waals surface area contributed by atoms with Crippen molar-refractivity contribution in [2.24, 2.45) is 4.99 Å². The molecule has 25 heavy (non-hydrogen) atoms. The number of rotatable bonds is 4. The molecule has 2 aromatic rings. The second-order valence-electron chi connectivity index (χ2n) is 5.14. The average Bonchev–Trinajstić information content (AvgIpc) is 3.04. The summed E-state index contributed by atoms with van der Waals surface area (Å²) in [7, 11) is 0. The van der Waals surface area contributed by atoms with Crippen LogP contribution >= 0.6 is 23.2 Å². The molecule has 0 aliphatic carbocycles. The lowest BCUT2D eigenvalue weighted by atomic mass is 10.3. The minimum absolute atomic E-state index is 0.443. The smallest absolute Gasteiger partial charge is 0.328 e. The molecule has 2 N–H and O–H groups in total. The van der Waals surface area contributed by atoms with E-state index in [4.69, 9.17) is 28.3 Å². The predicted molar refractivity (Wildman–Crippen MR) is 97.4 cm³/mol. The van der Waals surface area contributed by atoms with Crippen LogP contribution < -0.4 is 10.4 Å². The van der Waals surface area contributed by atoms with Crippen LogP contribution in [0.25, 0.3) is 6.08 Å². The molecule has 0 atom stereocenters. The van der Waals surface area contributed by atoms with E-state index in [1.807, 2.05) is 11.1 Å². The van der Waals surface area contributed by atoms with Crippen LogP contribution in [0, 0.1) is 0 Å². The van der Waals surface area contributed by atoms with E-state index >= 15 is 0 Å². The van der Waals surface area contributed by atoms with Gasteiger partial charge in [0.15, 0.2) is 5.82 Å². The molecule has 1 aromatic carbocycles. The van der Waals surface area contributed by atoms with E-state index in [9.17, 15) is 4.79 Å². The zero-order valence-corrected chi connectivity index (χ0v) is 14.4. The number of halogens is 2. The van der Waals surface area contributed by atoms with Crippen molar-refractivity contribution in [3.8, 4) is 0 Å². The largest absolute Gasteiger partial charge is 0.478 e. The SMILES string of the molecule is O=C(O)/C=C/c1cc(N=C2CCN(c3ccc(Cl)c(Cl)c3)N2)ncn1. The van der Waals surface area contributed by atoms with E-state index in [2.05, 4.69) is 20.4 Å². The van der Waals surface area contributed by atoms with Gasteiger partial charge in [0, 0.05) is 25.1 Å². The van der Waals surface area contributed by atoms with E-state index in [1.165, 1.54) is 12.4 Å². The molecule has 0 unspecified atom stereocenters. The Morgan fingerprint density at radius 3 is 2.88 bits per heavy atom. The van der Waals surface area contributed by atoms with Crippen LogP contribution in [0.5, 0.6) is 0 Å². The normalized spacial score (nSPS) is 15.8. The Balaban J connectivity index is 1.74. The summed E-state index contributed by atoms with van der Waals surface area (Å²) in [4.78, 5) is 23.0. The molecule has 1 aliphatic rings. The van der Waals surface area contributed by atoms with Gasteiger partial charge in [-0.05, 0) is 24.3 Å². The molecule has 0 amide bonds. The lowest BCUT2D eigenvalue weighted by Gasteiger charge is -2.18. The summed E-state index contributed by atoms with van der Waals surface area (Å²) in [6.45, 7) is 0.716. The molecule has 1 fully saturated rings. The molecule has 3 rings (SSSR count). The fourth-order valence-corrected chi connectivity index (χ4v) is 2.51. The van der Waals surface area contributed by atoms with Crippen molar-refractivity contribution in [2.75, 3.05) is 11.6 Å². The average molecular weight is 378 g/mol. The van der Waals surface area contributed by atoms with Crippen molar-refractivity contribution in [3.63, 3.8) is 0 Å². The first-order valence-corrected chi connectivity index (χ1v) is 8.07. The molecular formula is C16H13Cl2N5O2. The number of carbonyl (C=O) groups is 1. The molecule has 1 aromatic heterocycles. The Morgan fingerprint density at radius 1 is 1.28 bits per heavy atom. The summed E-state index contributed by atoms with van der Waals surface area (Å²) >= 11 is 12.0. The highest BCUT2D eigenvalue weighted by Crippen LogP contribution is 2.27. The number of aromatic nitrogens is 2. The van der Waals surface area contributed by atoms with Crippen molar-refractivity contribution in [2.45, 2.75) is 6.42 Å². The lowest BCUT2D eigenvalue weighted by molar-refractivity contribution is -0.131.